The second-order valence-corrected chi connectivity index (χ2v) is 5.29. The molecule has 8 heteroatoms. The number of hydrogen-bond acceptors (Lipinski definition) is 4. The number of benzene rings is 1. The molecule has 26 heavy (non-hydrogen) atoms. The maximum Gasteiger partial charge on any atom is 0.387 e. The van der Waals surface area contributed by atoms with Gasteiger partial charge in [0.15, 0.2) is 17.5 Å². The van der Waals surface area contributed by atoms with E-state index in [1.165, 1.54) is 7.11 Å². The van der Waals surface area contributed by atoms with Gasteiger partial charge in [0, 0.05) is 19.8 Å². The summed E-state index contributed by atoms with van der Waals surface area (Å²) in [5, 5.41) is 6.33. The predicted molar refractivity (Wildman–Crippen MR) is 95.8 cm³/mol. The van der Waals surface area contributed by atoms with Crippen LogP contribution in [0.2, 0.25) is 0 Å². The zero-order valence-electron chi connectivity index (χ0n) is 14.7. The van der Waals surface area contributed by atoms with Crippen molar-refractivity contribution in [2.24, 2.45) is 4.99 Å². The Morgan fingerprint density at radius 2 is 2.04 bits per heavy atom. The number of guanidine groups is 1. The van der Waals surface area contributed by atoms with Crippen LogP contribution in [0.3, 0.4) is 0 Å². The molecule has 0 unspecified atom stereocenters. The van der Waals surface area contributed by atoms with E-state index in [1.807, 2.05) is 24.3 Å². The molecule has 2 rings (SSSR count). The lowest BCUT2D eigenvalue weighted by atomic mass is 10.1. The minimum absolute atomic E-state index is 0.0256. The van der Waals surface area contributed by atoms with Crippen LogP contribution in [0, 0.1) is 0 Å². The van der Waals surface area contributed by atoms with Crippen molar-refractivity contribution in [3.63, 3.8) is 0 Å². The lowest BCUT2D eigenvalue weighted by Crippen LogP contribution is -2.38. The largest absolute Gasteiger partial charge is 0.493 e. The Hall–Kier alpha value is -2.90. The second-order valence-electron chi connectivity index (χ2n) is 5.29. The lowest BCUT2D eigenvalue weighted by molar-refractivity contribution is -0.0512. The molecule has 1 aromatic carbocycles. The number of halogens is 2. The molecule has 0 saturated carbocycles. The van der Waals surface area contributed by atoms with E-state index in [9.17, 15) is 8.78 Å². The average molecular weight is 364 g/mol. The van der Waals surface area contributed by atoms with Crippen molar-refractivity contribution in [3.8, 4) is 11.5 Å². The van der Waals surface area contributed by atoms with Crippen molar-refractivity contribution in [3.05, 3.63) is 53.9 Å². The molecule has 0 atom stereocenters. The molecule has 1 heterocycles. The molecule has 0 fully saturated rings. The van der Waals surface area contributed by atoms with Crippen LogP contribution in [0.25, 0.3) is 0 Å². The number of aromatic nitrogens is 1. The van der Waals surface area contributed by atoms with Gasteiger partial charge in [0.25, 0.3) is 0 Å². The van der Waals surface area contributed by atoms with Crippen LogP contribution in [0.4, 0.5) is 8.78 Å². The van der Waals surface area contributed by atoms with Gasteiger partial charge in [-0.25, -0.2) is 0 Å². The molecule has 2 N–H and O–H groups in total. The third-order valence-electron chi connectivity index (χ3n) is 3.54. The molecule has 0 bridgehead atoms. The van der Waals surface area contributed by atoms with Gasteiger partial charge >= 0.3 is 6.61 Å². The number of hydrogen-bond donors (Lipinski definition) is 2. The maximum atomic E-state index is 12.5. The second kappa shape index (κ2) is 10.2. The van der Waals surface area contributed by atoms with E-state index in [1.54, 1.807) is 25.4 Å². The number of methoxy groups -OCH3 is 1. The smallest absolute Gasteiger partial charge is 0.387 e. The molecule has 6 nitrogen and oxygen atoms in total. The van der Waals surface area contributed by atoms with E-state index in [0.717, 1.165) is 11.3 Å². The normalized spacial score (nSPS) is 11.3. The van der Waals surface area contributed by atoms with Gasteiger partial charge in [-0.05, 0) is 36.2 Å². The molecular weight excluding hydrogens is 342 g/mol. The summed E-state index contributed by atoms with van der Waals surface area (Å²) in [4.78, 5) is 8.37. The van der Waals surface area contributed by atoms with Crippen molar-refractivity contribution >= 4 is 5.96 Å². The molecule has 2 aromatic rings. The molecule has 0 radical (unpaired) electrons. The number of rotatable bonds is 8. The Labute approximate surface area is 151 Å². The fourth-order valence-corrected chi connectivity index (χ4v) is 2.29. The average Bonchev–Trinajstić information content (AvgIpc) is 2.65. The van der Waals surface area contributed by atoms with Gasteiger partial charge in [-0.2, -0.15) is 8.78 Å². The predicted octanol–water partition coefficient (Wildman–Crippen LogP) is 2.60. The van der Waals surface area contributed by atoms with Gasteiger partial charge in [0.2, 0.25) is 0 Å². The quantitative estimate of drug-likeness (QED) is 0.557. The third-order valence-corrected chi connectivity index (χ3v) is 3.54. The summed E-state index contributed by atoms with van der Waals surface area (Å²) in [6, 6.07) is 10.7. The van der Waals surface area contributed by atoms with Crippen LogP contribution >= 0.6 is 0 Å². The number of aliphatic imine (C=N–C) groups is 1. The zero-order chi connectivity index (χ0) is 18.8. The SMILES string of the molecule is CN=C(NCCc1ccc(OC)c(OC(F)F)c1)NCc1ccccn1. The molecule has 0 saturated heterocycles. The monoisotopic (exact) mass is 364 g/mol. The Bertz CT molecular complexity index is 712. The molecule has 0 amide bonds. The number of ether oxygens (including phenoxy) is 2. The Morgan fingerprint density at radius 3 is 2.69 bits per heavy atom. The molecule has 0 aliphatic heterocycles. The van der Waals surface area contributed by atoms with Crippen LogP contribution in [-0.4, -0.2) is 38.3 Å². The highest BCUT2D eigenvalue weighted by atomic mass is 19.3. The van der Waals surface area contributed by atoms with Crippen molar-refractivity contribution in [1.29, 1.82) is 0 Å². The number of nitrogens with zero attached hydrogens (tertiary/aromatic N) is 2. The summed E-state index contributed by atoms with van der Waals surface area (Å²) in [6.45, 7) is -1.77. The van der Waals surface area contributed by atoms with Crippen LogP contribution < -0.4 is 20.1 Å². The summed E-state index contributed by atoms with van der Waals surface area (Å²) in [6.07, 6.45) is 2.34. The zero-order valence-corrected chi connectivity index (χ0v) is 14.7. The fraction of sp³-hybridized carbons (Fsp3) is 0.333. The summed E-state index contributed by atoms with van der Waals surface area (Å²) in [5.74, 6) is 0.931. The summed E-state index contributed by atoms with van der Waals surface area (Å²) in [5.41, 5.74) is 1.74. The van der Waals surface area contributed by atoms with Crippen molar-refractivity contribution in [1.82, 2.24) is 15.6 Å². The van der Waals surface area contributed by atoms with Crippen molar-refractivity contribution < 1.29 is 18.3 Å². The minimum Gasteiger partial charge on any atom is -0.493 e. The number of pyridine rings is 1. The number of nitrogens with one attached hydrogen (secondary N) is 2. The van der Waals surface area contributed by atoms with Crippen LogP contribution in [0.1, 0.15) is 11.3 Å². The van der Waals surface area contributed by atoms with Crippen LogP contribution in [0.15, 0.2) is 47.6 Å². The molecule has 1 aromatic heterocycles. The van der Waals surface area contributed by atoms with E-state index in [-0.39, 0.29) is 11.5 Å². The number of alkyl halides is 2. The summed E-state index contributed by atoms with van der Waals surface area (Å²) >= 11 is 0. The van der Waals surface area contributed by atoms with E-state index in [2.05, 4.69) is 25.3 Å². The van der Waals surface area contributed by atoms with E-state index < -0.39 is 6.61 Å². The Balaban J connectivity index is 1.85. The summed E-state index contributed by atoms with van der Waals surface area (Å²) < 4.78 is 34.5. The third kappa shape index (κ3) is 6.19. The first-order valence-electron chi connectivity index (χ1n) is 8.08. The standard InChI is InChI=1S/C18H22F2N4O2/c1-21-18(24-12-14-5-3-4-9-22-14)23-10-8-13-6-7-15(25-2)16(11-13)26-17(19)20/h3-7,9,11,17H,8,10,12H2,1-2H3,(H2,21,23,24). The molecule has 0 spiro atoms. The van der Waals surface area contributed by atoms with Crippen LogP contribution in [0.5, 0.6) is 11.5 Å². The molecule has 140 valence electrons. The van der Waals surface area contributed by atoms with E-state index >= 15 is 0 Å². The highest BCUT2D eigenvalue weighted by molar-refractivity contribution is 5.79. The summed E-state index contributed by atoms with van der Waals surface area (Å²) in [7, 11) is 3.09. The van der Waals surface area contributed by atoms with Gasteiger partial charge in [0.05, 0.1) is 19.3 Å². The minimum atomic E-state index is -2.90. The molecular formula is C18H22F2N4O2. The maximum absolute atomic E-state index is 12.5. The van der Waals surface area contributed by atoms with E-state index in [0.29, 0.717) is 25.5 Å². The van der Waals surface area contributed by atoms with Crippen LogP contribution in [-0.2, 0) is 13.0 Å². The van der Waals surface area contributed by atoms with Crippen molar-refractivity contribution in [2.75, 3.05) is 20.7 Å². The highest BCUT2D eigenvalue weighted by Gasteiger charge is 2.11. The lowest BCUT2D eigenvalue weighted by Gasteiger charge is -2.13. The first-order valence-corrected chi connectivity index (χ1v) is 8.08. The Kier molecular flexibility index (Phi) is 7.60. The Morgan fingerprint density at radius 1 is 1.19 bits per heavy atom. The van der Waals surface area contributed by atoms with E-state index in [4.69, 9.17) is 4.74 Å². The van der Waals surface area contributed by atoms with Gasteiger partial charge in [-0.3, -0.25) is 9.98 Å². The first kappa shape index (κ1) is 19.4. The van der Waals surface area contributed by atoms with Crippen molar-refractivity contribution in [2.45, 2.75) is 19.6 Å². The fourth-order valence-electron chi connectivity index (χ4n) is 2.29. The van der Waals surface area contributed by atoms with Gasteiger partial charge in [-0.15, -0.1) is 0 Å². The molecule has 0 aliphatic rings. The topological polar surface area (TPSA) is 67.8 Å². The first-order chi connectivity index (χ1) is 12.6. The van der Waals surface area contributed by atoms with Gasteiger partial charge in [0.1, 0.15) is 0 Å². The van der Waals surface area contributed by atoms with Gasteiger partial charge < -0.3 is 20.1 Å². The highest BCUT2D eigenvalue weighted by Crippen LogP contribution is 2.29. The molecule has 0 aliphatic carbocycles. The van der Waals surface area contributed by atoms with Gasteiger partial charge in [-0.1, -0.05) is 12.1 Å².